The standard InChI is InChI=1S/C12H14NO/c1-2-3-4-5-10-6-7-12-11(8-10)13-9-14-12/h6-9H,1-5H2. The molecule has 0 unspecified atom stereocenters. The Kier molecular flexibility index (Phi) is 2.82. The Morgan fingerprint density at radius 3 is 3.07 bits per heavy atom. The van der Waals surface area contributed by atoms with Crippen molar-refractivity contribution < 1.29 is 4.42 Å². The lowest BCUT2D eigenvalue weighted by atomic mass is 10.1. The fourth-order valence-electron chi connectivity index (χ4n) is 1.56. The molecule has 2 heteroatoms. The van der Waals surface area contributed by atoms with Gasteiger partial charge in [0.2, 0.25) is 0 Å². The lowest BCUT2D eigenvalue weighted by molar-refractivity contribution is 0.602. The van der Waals surface area contributed by atoms with Crippen LogP contribution in [0.5, 0.6) is 0 Å². The summed E-state index contributed by atoms with van der Waals surface area (Å²) in [6, 6.07) is 6.19. The minimum Gasteiger partial charge on any atom is -0.443 e. The molecule has 1 aromatic carbocycles. The third-order valence-electron chi connectivity index (χ3n) is 2.36. The van der Waals surface area contributed by atoms with E-state index in [-0.39, 0.29) is 0 Å². The number of benzene rings is 1. The first-order chi connectivity index (χ1) is 6.90. The predicted molar refractivity (Wildman–Crippen MR) is 56.9 cm³/mol. The van der Waals surface area contributed by atoms with E-state index in [0.717, 1.165) is 23.9 Å². The van der Waals surface area contributed by atoms with E-state index in [4.69, 9.17) is 4.42 Å². The van der Waals surface area contributed by atoms with Crippen LogP contribution >= 0.6 is 0 Å². The van der Waals surface area contributed by atoms with Crippen LogP contribution in [-0.4, -0.2) is 4.98 Å². The third-order valence-corrected chi connectivity index (χ3v) is 2.36. The molecule has 0 saturated heterocycles. The Hall–Kier alpha value is -1.31. The van der Waals surface area contributed by atoms with Gasteiger partial charge in [0, 0.05) is 0 Å². The lowest BCUT2D eigenvalue weighted by Gasteiger charge is -1.99. The van der Waals surface area contributed by atoms with E-state index >= 15 is 0 Å². The van der Waals surface area contributed by atoms with Gasteiger partial charge in [-0.15, -0.1) is 0 Å². The van der Waals surface area contributed by atoms with Gasteiger partial charge >= 0.3 is 0 Å². The van der Waals surface area contributed by atoms with Crippen LogP contribution in [-0.2, 0) is 6.42 Å². The first-order valence-corrected chi connectivity index (χ1v) is 5.01. The highest BCUT2D eigenvalue weighted by Crippen LogP contribution is 2.15. The summed E-state index contributed by atoms with van der Waals surface area (Å²) in [7, 11) is 0. The fourth-order valence-corrected chi connectivity index (χ4v) is 1.56. The Labute approximate surface area is 84.0 Å². The van der Waals surface area contributed by atoms with Crippen LogP contribution in [0.3, 0.4) is 0 Å². The summed E-state index contributed by atoms with van der Waals surface area (Å²) < 4.78 is 5.18. The highest BCUT2D eigenvalue weighted by molar-refractivity contribution is 5.72. The smallest absolute Gasteiger partial charge is 0.181 e. The Morgan fingerprint density at radius 1 is 1.29 bits per heavy atom. The van der Waals surface area contributed by atoms with Gasteiger partial charge in [0.25, 0.3) is 0 Å². The summed E-state index contributed by atoms with van der Waals surface area (Å²) in [6.07, 6.45) is 6.01. The molecule has 2 rings (SSSR count). The summed E-state index contributed by atoms with van der Waals surface area (Å²) in [4.78, 5) is 4.13. The Morgan fingerprint density at radius 2 is 2.21 bits per heavy atom. The Balaban J connectivity index is 2.10. The van der Waals surface area contributed by atoms with Gasteiger partial charge in [0.15, 0.2) is 12.0 Å². The highest BCUT2D eigenvalue weighted by atomic mass is 16.3. The molecule has 0 aliphatic rings. The molecule has 1 aromatic heterocycles. The second kappa shape index (κ2) is 4.27. The van der Waals surface area contributed by atoms with Crippen LogP contribution in [0.2, 0.25) is 0 Å². The number of rotatable bonds is 4. The quantitative estimate of drug-likeness (QED) is 0.687. The van der Waals surface area contributed by atoms with Gasteiger partial charge in [-0.05, 0) is 30.5 Å². The van der Waals surface area contributed by atoms with Crippen LogP contribution in [0.1, 0.15) is 24.8 Å². The molecule has 0 aliphatic carbocycles. The first-order valence-electron chi connectivity index (χ1n) is 5.01. The van der Waals surface area contributed by atoms with Gasteiger partial charge in [-0.3, -0.25) is 0 Å². The molecule has 2 aromatic rings. The van der Waals surface area contributed by atoms with E-state index in [2.05, 4.69) is 24.0 Å². The van der Waals surface area contributed by atoms with Gasteiger partial charge in [0.1, 0.15) is 5.52 Å². The summed E-state index contributed by atoms with van der Waals surface area (Å²) in [5.41, 5.74) is 3.16. The second-order valence-electron chi connectivity index (χ2n) is 3.47. The van der Waals surface area contributed by atoms with Crippen molar-refractivity contribution in [3.8, 4) is 0 Å². The van der Waals surface area contributed by atoms with E-state index in [0.29, 0.717) is 0 Å². The lowest BCUT2D eigenvalue weighted by Crippen LogP contribution is -1.84. The molecule has 0 saturated carbocycles. The second-order valence-corrected chi connectivity index (χ2v) is 3.47. The van der Waals surface area contributed by atoms with Crippen LogP contribution in [0.4, 0.5) is 0 Å². The topological polar surface area (TPSA) is 26.0 Å². The zero-order valence-corrected chi connectivity index (χ0v) is 8.20. The van der Waals surface area contributed by atoms with Crippen LogP contribution < -0.4 is 0 Å². The van der Waals surface area contributed by atoms with Crippen LogP contribution in [0, 0.1) is 6.92 Å². The molecule has 0 N–H and O–H groups in total. The molecule has 0 bridgehead atoms. The normalized spacial score (nSPS) is 10.9. The van der Waals surface area contributed by atoms with Crippen LogP contribution in [0.25, 0.3) is 11.1 Å². The van der Waals surface area contributed by atoms with Crippen molar-refractivity contribution in [1.29, 1.82) is 0 Å². The molecule has 0 amide bonds. The van der Waals surface area contributed by atoms with Gasteiger partial charge < -0.3 is 4.42 Å². The molecule has 0 spiro atoms. The van der Waals surface area contributed by atoms with E-state index in [1.54, 1.807) is 0 Å². The largest absolute Gasteiger partial charge is 0.443 e. The zero-order chi connectivity index (χ0) is 9.80. The molecule has 1 radical (unpaired) electrons. The van der Waals surface area contributed by atoms with E-state index in [1.165, 1.54) is 24.8 Å². The molecule has 2 nitrogen and oxygen atoms in total. The average Bonchev–Trinajstić information content (AvgIpc) is 2.65. The summed E-state index contributed by atoms with van der Waals surface area (Å²) in [5.74, 6) is 0. The number of oxazole rings is 1. The fraction of sp³-hybridized carbons (Fsp3) is 0.333. The summed E-state index contributed by atoms with van der Waals surface area (Å²) in [5, 5.41) is 0. The molecule has 0 atom stereocenters. The zero-order valence-electron chi connectivity index (χ0n) is 8.20. The van der Waals surface area contributed by atoms with Crippen molar-refractivity contribution in [1.82, 2.24) is 4.98 Å². The molecule has 0 fully saturated rings. The van der Waals surface area contributed by atoms with Crippen molar-refractivity contribution >= 4 is 11.1 Å². The third kappa shape index (κ3) is 1.95. The minimum atomic E-state index is 0.867. The maximum absolute atomic E-state index is 5.18. The number of aromatic nitrogens is 1. The average molecular weight is 188 g/mol. The number of hydrogen-bond acceptors (Lipinski definition) is 2. The van der Waals surface area contributed by atoms with Crippen molar-refractivity contribution in [2.45, 2.75) is 25.7 Å². The summed E-state index contributed by atoms with van der Waals surface area (Å²) in [6.45, 7) is 3.83. The van der Waals surface area contributed by atoms with E-state index < -0.39 is 0 Å². The van der Waals surface area contributed by atoms with Crippen molar-refractivity contribution in [2.24, 2.45) is 0 Å². The highest BCUT2D eigenvalue weighted by Gasteiger charge is 1.99. The maximum Gasteiger partial charge on any atom is 0.181 e. The number of unbranched alkanes of at least 4 members (excludes halogenated alkanes) is 2. The summed E-state index contributed by atoms with van der Waals surface area (Å²) >= 11 is 0. The number of nitrogens with zero attached hydrogens (tertiary/aromatic N) is 1. The SMILES string of the molecule is [CH2]CCCCc1ccc2ocnc2c1. The molecular weight excluding hydrogens is 174 g/mol. The molecule has 0 aliphatic heterocycles. The van der Waals surface area contributed by atoms with E-state index in [1.807, 2.05) is 6.07 Å². The molecule has 14 heavy (non-hydrogen) atoms. The Bertz CT molecular complexity index is 405. The minimum absolute atomic E-state index is 0.867. The molecule has 1 heterocycles. The maximum atomic E-state index is 5.18. The molecule has 73 valence electrons. The molecular formula is C12H14NO. The van der Waals surface area contributed by atoms with Crippen molar-refractivity contribution in [3.63, 3.8) is 0 Å². The van der Waals surface area contributed by atoms with Gasteiger partial charge in [-0.2, -0.15) is 0 Å². The van der Waals surface area contributed by atoms with E-state index in [9.17, 15) is 0 Å². The number of fused-ring (bicyclic) bond motifs is 1. The monoisotopic (exact) mass is 188 g/mol. The van der Waals surface area contributed by atoms with Crippen LogP contribution in [0.15, 0.2) is 29.0 Å². The van der Waals surface area contributed by atoms with Crippen molar-refractivity contribution in [3.05, 3.63) is 37.1 Å². The first kappa shape index (κ1) is 9.25. The van der Waals surface area contributed by atoms with Gasteiger partial charge in [-0.1, -0.05) is 25.8 Å². The van der Waals surface area contributed by atoms with Gasteiger partial charge in [0.05, 0.1) is 0 Å². The van der Waals surface area contributed by atoms with Gasteiger partial charge in [-0.25, -0.2) is 4.98 Å². The number of aryl methyl sites for hydroxylation is 1. The van der Waals surface area contributed by atoms with Crippen molar-refractivity contribution in [2.75, 3.05) is 0 Å². The number of hydrogen-bond donors (Lipinski definition) is 0. The predicted octanol–water partition coefficient (Wildman–Crippen LogP) is 3.37.